The summed E-state index contributed by atoms with van der Waals surface area (Å²) >= 11 is 4.88. The molecule has 1 aromatic rings. The van der Waals surface area contributed by atoms with Gasteiger partial charge in [-0.3, -0.25) is 4.79 Å². The Bertz CT molecular complexity index is 351. The zero-order chi connectivity index (χ0) is 12.7. The van der Waals surface area contributed by atoms with Gasteiger partial charge in [-0.15, -0.1) is 11.3 Å². The first-order valence-electron chi connectivity index (χ1n) is 6.22. The highest BCUT2D eigenvalue weighted by molar-refractivity contribution is 9.10. The molecular weight excluding hydrogens is 298 g/mol. The van der Waals surface area contributed by atoms with E-state index >= 15 is 0 Å². The Kier molecular flexibility index (Phi) is 6.82. The predicted molar refractivity (Wildman–Crippen MR) is 77.7 cm³/mol. The molecular formula is C13H20BrNOS. The molecule has 1 unspecified atom stereocenters. The van der Waals surface area contributed by atoms with Crippen molar-refractivity contribution in [2.45, 2.75) is 52.0 Å². The molecule has 0 bridgehead atoms. The summed E-state index contributed by atoms with van der Waals surface area (Å²) in [5.74, 6) is 0.0569. The maximum atomic E-state index is 12.0. The fourth-order valence-electron chi connectivity index (χ4n) is 1.79. The fraction of sp³-hybridized carbons (Fsp3) is 0.615. The maximum Gasteiger partial charge on any atom is 0.262 e. The number of carbonyl (C=O) groups is 1. The molecule has 0 spiro atoms. The van der Waals surface area contributed by atoms with Crippen molar-refractivity contribution in [2.75, 3.05) is 0 Å². The Morgan fingerprint density at radius 1 is 1.41 bits per heavy atom. The van der Waals surface area contributed by atoms with Gasteiger partial charge in [0.2, 0.25) is 0 Å². The monoisotopic (exact) mass is 317 g/mol. The molecule has 1 rings (SSSR count). The molecule has 0 aliphatic heterocycles. The summed E-state index contributed by atoms with van der Waals surface area (Å²) in [6.45, 7) is 4.34. The third kappa shape index (κ3) is 4.80. The van der Waals surface area contributed by atoms with Crippen molar-refractivity contribution in [1.29, 1.82) is 0 Å². The van der Waals surface area contributed by atoms with Crippen LogP contribution < -0.4 is 5.32 Å². The summed E-state index contributed by atoms with van der Waals surface area (Å²) in [5.41, 5.74) is 0. The SMILES string of the molecule is CCCCC(CCC)NC(=O)c1sccc1Br. The van der Waals surface area contributed by atoms with Crippen molar-refractivity contribution in [3.8, 4) is 0 Å². The first-order valence-corrected chi connectivity index (χ1v) is 7.90. The lowest BCUT2D eigenvalue weighted by Gasteiger charge is -2.17. The molecule has 0 fully saturated rings. The molecule has 0 aliphatic carbocycles. The molecule has 1 heterocycles. The van der Waals surface area contributed by atoms with Gasteiger partial charge in [0.05, 0.1) is 0 Å². The van der Waals surface area contributed by atoms with Crippen LogP contribution in [0.1, 0.15) is 55.6 Å². The average Bonchev–Trinajstić information content (AvgIpc) is 2.72. The van der Waals surface area contributed by atoms with Crippen molar-refractivity contribution < 1.29 is 4.79 Å². The zero-order valence-corrected chi connectivity index (χ0v) is 12.9. The van der Waals surface area contributed by atoms with Gasteiger partial charge in [-0.2, -0.15) is 0 Å². The van der Waals surface area contributed by atoms with Gasteiger partial charge in [-0.25, -0.2) is 0 Å². The molecule has 96 valence electrons. The summed E-state index contributed by atoms with van der Waals surface area (Å²) in [6, 6.07) is 2.24. The van der Waals surface area contributed by atoms with Crippen molar-refractivity contribution in [3.05, 3.63) is 20.8 Å². The number of thiophene rings is 1. The van der Waals surface area contributed by atoms with Crippen LogP contribution in [0, 0.1) is 0 Å². The van der Waals surface area contributed by atoms with Crippen molar-refractivity contribution in [3.63, 3.8) is 0 Å². The van der Waals surface area contributed by atoms with Crippen LogP contribution in [0.25, 0.3) is 0 Å². The van der Waals surface area contributed by atoms with Crippen molar-refractivity contribution in [1.82, 2.24) is 5.32 Å². The van der Waals surface area contributed by atoms with Gasteiger partial charge in [0.25, 0.3) is 5.91 Å². The Hall–Kier alpha value is -0.350. The first-order chi connectivity index (χ1) is 8.19. The number of carbonyl (C=O) groups excluding carboxylic acids is 1. The lowest BCUT2D eigenvalue weighted by molar-refractivity contribution is 0.0935. The maximum absolute atomic E-state index is 12.0. The van der Waals surface area contributed by atoms with Gasteiger partial charge in [0, 0.05) is 10.5 Å². The van der Waals surface area contributed by atoms with Gasteiger partial charge < -0.3 is 5.32 Å². The van der Waals surface area contributed by atoms with Gasteiger partial charge in [0.1, 0.15) is 4.88 Å². The van der Waals surface area contributed by atoms with E-state index in [1.54, 1.807) is 0 Å². The van der Waals surface area contributed by atoms with Crippen LogP contribution in [-0.4, -0.2) is 11.9 Å². The van der Waals surface area contributed by atoms with Gasteiger partial charge in [-0.1, -0.05) is 33.1 Å². The van der Waals surface area contributed by atoms with E-state index in [4.69, 9.17) is 0 Å². The fourth-order valence-corrected chi connectivity index (χ4v) is 3.25. The minimum atomic E-state index is 0.0569. The number of halogens is 1. The number of amides is 1. The highest BCUT2D eigenvalue weighted by Gasteiger charge is 2.15. The van der Waals surface area contributed by atoms with Crippen LogP contribution in [0.15, 0.2) is 15.9 Å². The van der Waals surface area contributed by atoms with Gasteiger partial charge >= 0.3 is 0 Å². The number of rotatable bonds is 7. The van der Waals surface area contributed by atoms with Crippen LogP contribution in [0.4, 0.5) is 0 Å². The van der Waals surface area contributed by atoms with E-state index in [0.29, 0.717) is 6.04 Å². The lowest BCUT2D eigenvalue weighted by atomic mass is 10.1. The molecule has 0 saturated carbocycles. The number of nitrogens with one attached hydrogen (secondary N) is 1. The molecule has 17 heavy (non-hydrogen) atoms. The van der Waals surface area contributed by atoms with E-state index in [-0.39, 0.29) is 5.91 Å². The molecule has 0 radical (unpaired) electrons. The van der Waals surface area contributed by atoms with Crippen LogP contribution >= 0.6 is 27.3 Å². The standard InChI is InChI=1S/C13H20BrNOS/c1-3-5-7-10(6-4-2)15-13(16)12-11(14)8-9-17-12/h8-10H,3-7H2,1-2H3,(H,15,16). The Labute approximate surface area is 116 Å². The van der Waals surface area contributed by atoms with E-state index in [2.05, 4.69) is 35.1 Å². The molecule has 1 N–H and O–H groups in total. The minimum Gasteiger partial charge on any atom is -0.349 e. The zero-order valence-electron chi connectivity index (χ0n) is 10.5. The van der Waals surface area contributed by atoms with E-state index in [1.165, 1.54) is 24.2 Å². The Morgan fingerprint density at radius 3 is 2.71 bits per heavy atom. The second kappa shape index (κ2) is 7.88. The third-order valence-electron chi connectivity index (χ3n) is 2.70. The summed E-state index contributed by atoms with van der Waals surface area (Å²) in [7, 11) is 0. The average molecular weight is 318 g/mol. The van der Waals surface area contributed by atoms with E-state index in [1.807, 2.05) is 11.4 Å². The van der Waals surface area contributed by atoms with Crippen LogP contribution in [0.5, 0.6) is 0 Å². The molecule has 4 heteroatoms. The molecule has 1 amide bonds. The van der Waals surface area contributed by atoms with E-state index < -0.39 is 0 Å². The molecule has 0 aliphatic rings. The second-order valence-electron chi connectivity index (χ2n) is 4.20. The van der Waals surface area contributed by atoms with Crippen LogP contribution in [-0.2, 0) is 0 Å². The van der Waals surface area contributed by atoms with Crippen molar-refractivity contribution >= 4 is 33.2 Å². The number of hydrogen-bond acceptors (Lipinski definition) is 2. The van der Waals surface area contributed by atoms with Crippen molar-refractivity contribution in [2.24, 2.45) is 0 Å². The molecule has 2 nitrogen and oxygen atoms in total. The predicted octanol–water partition coefficient (Wildman–Crippen LogP) is 4.60. The second-order valence-corrected chi connectivity index (χ2v) is 5.97. The van der Waals surface area contributed by atoms with Gasteiger partial charge in [-0.05, 0) is 40.2 Å². The summed E-state index contributed by atoms with van der Waals surface area (Å²) in [4.78, 5) is 12.8. The number of hydrogen-bond donors (Lipinski definition) is 1. The smallest absolute Gasteiger partial charge is 0.262 e. The first kappa shape index (κ1) is 14.7. The van der Waals surface area contributed by atoms with Crippen LogP contribution in [0.2, 0.25) is 0 Å². The summed E-state index contributed by atoms with van der Waals surface area (Å²) in [6.07, 6.45) is 5.61. The third-order valence-corrected chi connectivity index (χ3v) is 4.54. The minimum absolute atomic E-state index is 0.0569. The molecule has 0 aromatic carbocycles. The summed E-state index contributed by atoms with van der Waals surface area (Å²) < 4.78 is 0.894. The molecule has 0 saturated heterocycles. The van der Waals surface area contributed by atoms with Crippen LogP contribution in [0.3, 0.4) is 0 Å². The van der Waals surface area contributed by atoms with E-state index in [0.717, 1.165) is 28.6 Å². The largest absolute Gasteiger partial charge is 0.349 e. The van der Waals surface area contributed by atoms with Gasteiger partial charge in [0.15, 0.2) is 0 Å². The lowest BCUT2D eigenvalue weighted by Crippen LogP contribution is -2.34. The Balaban J connectivity index is 2.54. The normalized spacial score (nSPS) is 12.4. The highest BCUT2D eigenvalue weighted by Crippen LogP contribution is 2.22. The summed E-state index contributed by atoms with van der Waals surface area (Å²) in [5, 5.41) is 5.07. The number of unbranched alkanes of at least 4 members (excludes halogenated alkanes) is 1. The van der Waals surface area contributed by atoms with E-state index in [9.17, 15) is 4.79 Å². The highest BCUT2D eigenvalue weighted by atomic mass is 79.9. The topological polar surface area (TPSA) is 29.1 Å². The molecule has 1 aromatic heterocycles. The molecule has 1 atom stereocenters. The quantitative estimate of drug-likeness (QED) is 0.782. The Morgan fingerprint density at radius 2 is 2.18 bits per heavy atom.